The number of hydrogen-bond acceptors (Lipinski definition) is 5. The van der Waals surface area contributed by atoms with E-state index >= 15 is 0 Å². The van der Waals surface area contributed by atoms with Crippen molar-refractivity contribution < 1.29 is 14.3 Å². The van der Waals surface area contributed by atoms with Crippen LogP contribution in [0.4, 0.5) is 5.69 Å². The standard InChI is InChI=1S/C19H17N3O3/c1-2-24-16-10-8-14(9-11-16)18(23)22-15-12-20-19(21-13-15)25-17-6-4-3-5-7-17/h3-13H,2H2,1H3,(H,22,23). The third-order valence-electron chi connectivity index (χ3n) is 3.27. The van der Waals surface area contributed by atoms with E-state index in [0.717, 1.165) is 5.75 Å². The molecule has 1 aromatic heterocycles. The third kappa shape index (κ3) is 4.54. The van der Waals surface area contributed by atoms with E-state index in [0.29, 0.717) is 23.6 Å². The van der Waals surface area contributed by atoms with Gasteiger partial charge in [-0.1, -0.05) is 18.2 Å². The first kappa shape index (κ1) is 16.4. The van der Waals surface area contributed by atoms with Crippen molar-refractivity contribution in [1.29, 1.82) is 0 Å². The smallest absolute Gasteiger partial charge is 0.322 e. The van der Waals surface area contributed by atoms with Crippen LogP contribution in [0.3, 0.4) is 0 Å². The molecule has 1 N–H and O–H groups in total. The number of nitrogens with zero attached hydrogens (tertiary/aromatic N) is 2. The number of amides is 1. The highest BCUT2D eigenvalue weighted by Gasteiger charge is 2.08. The number of nitrogens with one attached hydrogen (secondary N) is 1. The van der Waals surface area contributed by atoms with Crippen molar-refractivity contribution in [3.8, 4) is 17.5 Å². The minimum atomic E-state index is -0.247. The number of carbonyl (C=O) groups excluding carboxylic acids is 1. The summed E-state index contributed by atoms with van der Waals surface area (Å²) in [6, 6.07) is 16.4. The molecule has 0 atom stereocenters. The van der Waals surface area contributed by atoms with Gasteiger partial charge in [-0.15, -0.1) is 0 Å². The monoisotopic (exact) mass is 335 g/mol. The van der Waals surface area contributed by atoms with Gasteiger partial charge in [0.2, 0.25) is 0 Å². The predicted molar refractivity (Wildman–Crippen MR) is 94.1 cm³/mol. The highest BCUT2D eigenvalue weighted by molar-refractivity contribution is 6.04. The Morgan fingerprint density at radius 3 is 2.28 bits per heavy atom. The molecule has 3 aromatic rings. The summed E-state index contributed by atoms with van der Waals surface area (Å²) in [4.78, 5) is 20.4. The molecule has 2 aromatic carbocycles. The van der Waals surface area contributed by atoms with Crippen molar-refractivity contribution in [2.24, 2.45) is 0 Å². The number of benzene rings is 2. The van der Waals surface area contributed by atoms with Gasteiger partial charge in [-0.05, 0) is 43.3 Å². The molecule has 1 amide bonds. The maximum atomic E-state index is 12.2. The van der Waals surface area contributed by atoms with Crippen LogP contribution < -0.4 is 14.8 Å². The number of ether oxygens (including phenoxy) is 2. The van der Waals surface area contributed by atoms with E-state index in [-0.39, 0.29) is 11.9 Å². The molecular formula is C19H17N3O3. The summed E-state index contributed by atoms with van der Waals surface area (Å²) in [5, 5.41) is 2.74. The molecule has 126 valence electrons. The molecule has 0 saturated carbocycles. The molecule has 0 saturated heterocycles. The number of hydrogen-bond donors (Lipinski definition) is 1. The fourth-order valence-electron chi connectivity index (χ4n) is 2.10. The van der Waals surface area contributed by atoms with E-state index < -0.39 is 0 Å². The van der Waals surface area contributed by atoms with E-state index in [1.807, 2.05) is 37.3 Å². The minimum Gasteiger partial charge on any atom is -0.494 e. The second kappa shape index (κ2) is 7.92. The van der Waals surface area contributed by atoms with Crippen molar-refractivity contribution in [1.82, 2.24) is 9.97 Å². The molecule has 0 bridgehead atoms. The molecule has 0 spiro atoms. The Bertz CT molecular complexity index is 819. The lowest BCUT2D eigenvalue weighted by atomic mass is 10.2. The van der Waals surface area contributed by atoms with Crippen LogP contribution in [0.15, 0.2) is 67.0 Å². The SMILES string of the molecule is CCOc1ccc(C(=O)Nc2cnc(Oc3ccccc3)nc2)cc1. The number of carbonyl (C=O) groups is 1. The van der Waals surface area contributed by atoms with Crippen LogP contribution in [0, 0.1) is 0 Å². The van der Waals surface area contributed by atoms with E-state index in [9.17, 15) is 4.79 Å². The van der Waals surface area contributed by atoms with Crippen molar-refractivity contribution in [2.75, 3.05) is 11.9 Å². The highest BCUT2D eigenvalue weighted by atomic mass is 16.5. The number of anilines is 1. The summed E-state index contributed by atoms with van der Waals surface area (Å²) < 4.78 is 10.9. The maximum absolute atomic E-state index is 12.2. The second-order valence-electron chi connectivity index (χ2n) is 5.08. The van der Waals surface area contributed by atoms with Crippen molar-refractivity contribution in [3.05, 3.63) is 72.6 Å². The van der Waals surface area contributed by atoms with Crippen LogP contribution in [-0.4, -0.2) is 22.5 Å². The molecule has 0 fully saturated rings. The highest BCUT2D eigenvalue weighted by Crippen LogP contribution is 2.18. The van der Waals surface area contributed by atoms with Crippen molar-refractivity contribution in [2.45, 2.75) is 6.92 Å². The normalized spacial score (nSPS) is 10.1. The topological polar surface area (TPSA) is 73.3 Å². The first-order valence-electron chi connectivity index (χ1n) is 7.84. The van der Waals surface area contributed by atoms with Crippen molar-refractivity contribution in [3.63, 3.8) is 0 Å². The number of aromatic nitrogens is 2. The molecule has 1 heterocycles. The lowest BCUT2D eigenvalue weighted by Gasteiger charge is -2.07. The summed E-state index contributed by atoms with van der Waals surface area (Å²) in [6.45, 7) is 2.49. The average Bonchev–Trinajstić information content (AvgIpc) is 2.65. The zero-order valence-corrected chi connectivity index (χ0v) is 13.7. The van der Waals surface area contributed by atoms with Crippen LogP contribution in [-0.2, 0) is 0 Å². The van der Waals surface area contributed by atoms with E-state index in [2.05, 4.69) is 15.3 Å². The van der Waals surface area contributed by atoms with E-state index in [4.69, 9.17) is 9.47 Å². The summed E-state index contributed by atoms with van der Waals surface area (Å²) >= 11 is 0. The number of rotatable bonds is 6. The predicted octanol–water partition coefficient (Wildman–Crippen LogP) is 3.92. The van der Waals surface area contributed by atoms with Gasteiger partial charge in [0.1, 0.15) is 11.5 Å². The summed E-state index contributed by atoms with van der Waals surface area (Å²) in [7, 11) is 0. The lowest BCUT2D eigenvalue weighted by Crippen LogP contribution is -2.12. The Labute approximate surface area is 145 Å². The molecular weight excluding hydrogens is 318 g/mol. The van der Waals surface area contributed by atoms with Crippen LogP contribution in [0.2, 0.25) is 0 Å². The van der Waals surface area contributed by atoms with Crippen molar-refractivity contribution >= 4 is 11.6 Å². The Kier molecular flexibility index (Phi) is 5.21. The molecule has 25 heavy (non-hydrogen) atoms. The molecule has 0 aliphatic heterocycles. The largest absolute Gasteiger partial charge is 0.494 e. The van der Waals surface area contributed by atoms with Gasteiger partial charge >= 0.3 is 6.01 Å². The molecule has 0 radical (unpaired) electrons. The first-order valence-corrected chi connectivity index (χ1v) is 7.84. The van der Waals surface area contributed by atoms with Gasteiger partial charge < -0.3 is 14.8 Å². The molecule has 3 rings (SSSR count). The molecule has 6 nitrogen and oxygen atoms in total. The fraction of sp³-hybridized carbons (Fsp3) is 0.105. The molecule has 0 aliphatic rings. The lowest BCUT2D eigenvalue weighted by molar-refractivity contribution is 0.102. The van der Waals surface area contributed by atoms with Gasteiger partial charge in [0.25, 0.3) is 5.91 Å². The van der Waals surface area contributed by atoms with Gasteiger partial charge in [-0.2, -0.15) is 0 Å². The van der Waals surface area contributed by atoms with Crippen LogP contribution in [0.5, 0.6) is 17.5 Å². The van der Waals surface area contributed by atoms with Gasteiger partial charge in [-0.3, -0.25) is 4.79 Å². The first-order chi connectivity index (χ1) is 12.2. The van der Waals surface area contributed by atoms with Crippen LogP contribution in [0.1, 0.15) is 17.3 Å². The molecule has 0 unspecified atom stereocenters. The van der Waals surface area contributed by atoms with Gasteiger partial charge in [0.15, 0.2) is 0 Å². The summed E-state index contributed by atoms with van der Waals surface area (Å²) in [5.74, 6) is 1.13. The quantitative estimate of drug-likeness (QED) is 0.739. The van der Waals surface area contributed by atoms with Crippen LogP contribution >= 0.6 is 0 Å². The van der Waals surface area contributed by atoms with Gasteiger partial charge in [0, 0.05) is 5.56 Å². The molecule has 6 heteroatoms. The van der Waals surface area contributed by atoms with E-state index in [1.54, 1.807) is 24.3 Å². The van der Waals surface area contributed by atoms with Gasteiger partial charge in [0.05, 0.1) is 24.7 Å². The zero-order chi connectivity index (χ0) is 17.5. The fourth-order valence-corrected chi connectivity index (χ4v) is 2.10. The average molecular weight is 335 g/mol. The molecule has 0 aliphatic carbocycles. The van der Waals surface area contributed by atoms with Gasteiger partial charge in [-0.25, -0.2) is 9.97 Å². The Morgan fingerprint density at radius 1 is 0.960 bits per heavy atom. The summed E-state index contributed by atoms with van der Waals surface area (Å²) in [5.41, 5.74) is 1.01. The van der Waals surface area contributed by atoms with E-state index in [1.165, 1.54) is 12.4 Å². The second-order valence-corrected chi connectivity index (χ2v) is 5.08. The zero-order valence-electron chi connectivity index (χ0n) is 13.7. The number of para-hydroxylation sites is 1. The Hall–Kier alpha value is -3.41. The maximum Gasteiger partial charge on any atom is 0.322 e. The Morgan fingerprint density at radius 2 is 1.64 bits per heavy atom. The summed E-state index contributed by atoms with van der Waals surface area (Å²) in [6.07, 6.45) is 3.00. The third-order valence-corrected chi connectivity index (χ3v) is 3.27. The minimum absolute atomic E-state index is 0.213. The van der Waals surface area contributed by atoms with Crippen LogP contribution in [0.25, 0.3) is 0 Å². The Balaban J connectivity index is 1.61.